The van der Waals surface area contributed by atoms with Crippen LogP contribution in [0.5, 0.6) is 5.88 Å². The highest BCUT2D eigenvalue weighted by atomic mass is 35.5. The lowest BCUT2D eigenvalue weighted by molar-refractivity contribution is 0.395. The van der Waals surface area contributed by atoms with E-state index >= 15 is 0 Å². The zero-order valence-electron chi connectivity index (χ0n) is 9.45. The Balaban J connectivity index is 3.15. The van der Waals surface area contributed by atoms with Crippen LogP contribution in [0.15, 0.2) is 11.0 Å². The molecule has 0 N–H and O–H groups in total. The van der Waals surface area contributed by atoms with Crippen LogP contribution in [0, 0.1) is 11.3 Å². The Morgan fingerprint density at radius 3 is 2.81 bits per heavy atom. The number of aromatic nitrogens is 1. The fraction of sp³-hybridized carbons (Fsp3) is 0.455. The van der Waals surface area contributed by atoms with E-state index in [0.29, 0.717) is 16.7 Å². The largest absolute Gasteiger partial charge is 0.480 e. The summed E-state index contributed by atoms with van der Waals surface area (Å²) in [5, 5.41) is 9.06. The van der Waals surface area contributed by atoms with Crippen molar-refractivity contribution in [2.24, 2.45) is 0 Å². The summed E-state index contributed by atoms with van der Waals surface area (Å²) in [7, 11) is 1.54. The molecule has 0 fully saturated rings. The molecule has 5 heteroatoms. The fourth-order valence-electron chi connectivity index (χ4n) is 1.25. The third-order valence-corrected chi connectivity index (χ3v) is 3.15. The molecular formula is C11H13ClN2OS. The van der Waals surface area contributed by atoms with Crippen molar-refractivity contribution in [2.75, 3.05) is 12.9 Å². The first-order chi connectivity index (χ1) is 7.60. The second-order valence-corrected chi connectivity index (χ2v) is 4.89. The lowest BCUT2D eigenvalue weighted by Gasteiger charge is -2.12. The van der Waals surface area contributed by atoms with E-state index < -0.39 is 0 Å². The number of ether oxygens (including phenoxy) is 1. The summed E-state index contributed by atoms with van der Waals surface area (Å²) >= 11 is 7.45. The summed E-state index contributed by atoms with van der Waals surface area (Å²) < 4.78 is 5.08. The average molecular weight is 257 g/mol. The molecule has 0 aliphatic rings. The Morgan fingerprint density at radius 2 is 2.31 bits per heavy atom. The summed E-state index contributed by atoms with van der Waals surface area (Å²) in [5.74, 6) is 1.10. The van der Waals surface area contributed by atoms with Gasteiger partial charge >= 0.3 is 0 Å². The van der Waals surface area contributed by atoms with Gasteiger partial charge in [-0.1, -0.05) is 25.4 Å². The van der Waals surface area contributed by atoms with Crippen molar-refractivity contribution >= 4 is 23.4 Å². The number of halogens is 1. The van der Waals surface area contributed by atoms with Gasteiger partial charge in [-0.15, -0.1) is 11.8 Å². The number of nitrogens with zero attached hydrogens (tertiary/aromatic N) is 2. The van der Waals surface area contributed by atoms with Crippen LogP contribution in [0.25, 0.3) is 0 Å². The summed E-state index contributed by atoms with van der Waals surface area (Å²) in [4.78, 5) is 5.31. The first kappa shape index (κ1) is 13.1. The zero-order valence-corrected chi connectivity index (χ0v) is 11.0. The van der Waals surface area contributed by atoms with Gasteiger partial charge < -0.3 is 4.74 Å². The number of nitriles is 1. The SMILES string of the molecule is COc1nc(C(C)C)c(SCC#N)cc1Cl. The highest BCUT2D eigenvalue weighted by Crippen LogP contribution is 2.33. The highest BCUT2D eigenvalue weighted by molar-refractivity contribution is 7.99. The third-order valence-electron chi connectivity index (χ3n) is 1.97. The van der Waals surface area contributed by atoms with E-state index in [1.54, 1.807) is 7.11 Å². The van der Waals surface area contributed by atoms with Crippen molar-refractivity contribution in [1.82, 2.24) is 4.98 Å². The second-order valence-electron chi connectivity index (χ2n) is 3.46. The van der Waals surface area contributed by atoms with E-state index in [0.717, 1.165) is 10.6 Å². The van der Waals surface area contributed by atoms with E-state index in [2.05, 4.69) is 11.1 Å². The van der Waals surface area contributed by atoms with Gasteiger partial charge in [0.05, 0.1) is 24.6 Å². The normalized spacial score (nSPS) is 10.2. The smallest absolute Gasteiger partial charge is 0.232 e. The van der Waals surface area contributed by atoms with Gasteiger partial charge in [-0.2, -0.15) is 5.26 Å². The van der Waals surface area contributed by atoms with Crippen molar-refractivity contribution < 1.29 is 4.74 Å². The standard InChI is InChI=1S/C11H13ClN2OS/c1-7(2)10-9(16-5-4-13)6-8(12)11(14-10)15-3/h6-7H,5H2,1-3H3. The molecule has 1 rings (SSSR count). The van der Waals surface area contributed by atoms with Crippen molar-refractivity contribution in [3.63, 3.8) is 0 Å². The molecule has 0 atom stereocenters. The van der Waals surface area contributed by atoms with Crippen molar-refractivity contribution in [2.45, 2.75) is 24.7 Å². The summed E-state index contributed by atoms with van der Waals surface area (Å²) in [6, 6.07) is 3.90. The molecule has 0 saturated heterocycles. The molecule has 1 aromatic rings. The first-order valence-electron chi connectivity index (χ1n) is 4.84. The molecule has 0 spiro atoms. The Bertz CT molecular complexity index is 415. The average Bonchev–Trinajstić information content (AvgIpc) is 2.25. The van der Waals surface area contributed by atoms with E-state index in [9.17, 15) is 0 Å². The molecule has 0 unspecified atom stereocenters. The topological polar surface area (TPSA) is 45.9 Å². The second kappa shape index (κ2) is 5.97. The predicted octanol–water partition coefficient (Wildman–Crippen LogP) is 3.48. The fourth-order valence-corrected chi connectivity index (χ4v) is 2.39. The van der Waals surface area contributed by atoms with Gasteiger partial charge in [-0.05, 0) is 12.0 Å². The van der Waals surface area contributed by atoms with Crippen LogP contribution in [-0.4, -0.2) is 17.8 Å². The van der Waals surface area contributed by atoms with Gasteiger partial charge in [0.1, 0.15) is 5.02 Å². The highest BCUT2D eigenvalue weighted by Gasteiger charge is 2.14. The number of hydrogen-bond acceptors (Lipinski definition) is 4. The minimum absolute atomic E-state index is 0.271. The molecular weight excluding hydrogens is 244 g/mol. The number of thioether (sulfide) groups is 1. The Kier molecular flexibility index (Phi) is 4.91. The molecule has 3 nitrogen and oxygen atoms in total. The minimum Gasteiger partial charge on any atom is -0.480 e. The van der Waals surface area contributed by atoms with Gasteiger partial charge in [0.15, 0.2) is 0 Å². The molecule has 1 aromatic heterocycles. The van der Waals surface area contributed by atoms with Gasteiger partial charge in [-0.25, -0.2) is 4.98 Å². The van der Waals surface area contributed by atoms with Gasteiger partial charge in [0.25, 0.3) is 0 Å². The van der Waals surface area contributed by atoms with Gasteiger partial charge in [-0.3, -0.25) is 0 Å². The molecule has 0 aromatic carbocycles. The number of hydrogen-bond donors (Lipinski definition) is 0. The maximum atomic E-state index is 8.58. The van der Waals surface area contributed by atoms with Crippen LogP contribution in [0.3, 0.4) is 0 Å². The van der Waals surface area contributed by atoms with Crippen molar-refractivity contribution in [1.29, 1.82) is 5.26 Å². The molecule has 0 aliphatic heterocycles. The quantitative estimate of drug-likeness (QED) is 0.774. The number of rotatable bonds is 4. The van der Waals surface area contributed by atoms with Crippen LogP contribution in [0.1, 0.15) is 25.5 Å². The lowest BCUT2D eigenvalue weighted by Crippen LogP contribution is -1.99. The first-order valence-corrected chi connectivity index (χ1v) is 6.20. The molecule has 0 amide bonds. The molecule has 0 bridgehead atoms. The minimum atomic E-state index is 0.271. The summed E-state index contributed by atoms with van der Waals surface area (Å²) in [6.45, 7) is 4.10. The molecule has 0 saturated carbocycles. The third kappa shape index (κ3) is 3.03. The molecule has 0 aliphatic carbocycles. The maximum Gasteiger partial charge on any atom is 0.232 e. The van der Waals surface area contributed by atoms with Crippen LogP contribution in [-0.2, 0) is 0 Å². The molecule has 86 valence electrons. The predicted molar refractivity (Wildman–Crippen MR) is 66.2 cm³/mol. The van der Waals surface area contributed by atoms with Gasteiger partial charge in [0, 0.05) is 4.90 Å². The van der Waals surface area contributed by atoms with E-state index in [-0.39, 0.29) is 5.92 Å². The van der Waals surface area contributed by atoms with Crippen LogP contribution >= 0.6 is 23.4 Å². The monoisotopic (exact) mass is 256 g/mol. The van der Waals surface area contributed by atoms with Crippen molar-refractivity contribution in [3.05, 3.63) is 16.8 Å². The van der Waals surface area contributed by atoms with Crippen LogP contribution in [0.4, 0.5) is 0 Å². The number of methoxy groups -OCH3 is 1. The van der Waals surface area contributed by atoms with Crippen molar-refractivity contribution in [3.8, 4) is 11.9 Å². The summed E-state index contributed by atoms with van der Waals surface area (Å²) in [5.41, 5.74) is 0.918. The van der Waals surface area contributed by atoms with Crippen LogP contribution < -0.4 is 4.74 Å². The maximum absolute atomic E-state index is 8.58. The number of pyridine rings is 1. The lowest BCUT2D eigenvalue weighted by atomic mass is 10.1. The molecule has 1 heterocycles. The van der Waals surface area contributed by atoms with E-state index in [1.807, 2.05) is 19.9 Å². The zero-order chi connectivity index (χ0) is 12.1. The van der Waals surface area contributed by atoms with Crippen LogP contribution in [0.2, 0.25) is 5.02 Å². The molecule has 16 heavy (non-hydrogen) atoms. The Morgan fingerprint density at radius 1 is 1.62 bits per heavy atom. The van der Waals surface area contributed by atoms with E-state index in [4.69, 9.17) is 21.6 Å². The summed E-state index contributed by atoms with van der Waals surface area (Å²) in [6.07, 6.45) is 0. The Labute approximate surface area is 105 Å². The van der Waals surface area contributed by atoms with Gasteiger partial charge in [0.2, 0.25) is 5.88 Å². The Hall–Kier alpha value is -0.920. The van der Waals surface area contributed by atoms with E-state index in [1.165, 1.54) is 11.8 Å². The molecule has 0 radical (unpaired) electrons.